The summed E-state index contributed by atoms with van der Waals surface area (Å²) in [4.78, 5) is 23.0. The van der Waals surface area contributed by atoms with E-state index in [1.807, 2.05) is 0 Å². The lowest BCUT2D eigenvalue weighted by Gasteiger charge is -2.18. The summed E-state index contributed by atoms with van der Waals surface area (Å²) < 4.78 is 24.9. The molecule has 0 atom stereocenters. The third-order valence-corrected chi connectivity index (χ3v) is 4.59. The fraction of sp³-hybridized carbons (Fsp3) is 0.158. The number of ether oxygens (including phenoxy) is 2. The molecule has 0 saturated carbocycles. The zero-order valence-electron chi connectivity index (χ0n) is 13.6. The molecular formula is C19H15FO5S. The van der Waals surface area contributed by atoms with Gasteiger partial charge >= 0.3 is 5.97 Å². The van der Waals surface area contributed by atoms with Crippen LogP contribution in [0.5, 0.6) is 11.5 Å². The summed E-state index contributed by atoms with van der Waals surface area (Å²) >= 11 is 0.869. The Labute approximate surface area is 153 Å². The lowest BCUT2D eigenvalue weighted by atomic mass is 10.1. The molecule has 1 N–H and O–H groups in total. The first-order valence-electron chi connectivity index (χ1n) is 7.79. The number of ketones is 1. The Hall–Kier alpha value is -2.80. The molecule has 0 aromatic heterocycles. The number of hydrogen-bond acceptors (Lipinski definition) is 5. The van der Waals surface area contributed by atoms with Crippen molar-refractivity contribution in [2.75, 3.05) is 19.0 Å². The molecule has 0 saturated heterocycles. The molecule has 0 spiro atoms. The zero-order valence-corrected chi connectivity index (χ0v) is 14.4. The average molecular weight is 374 g/mol. The van der Waals surface area contributed by atoms with Crippen LogP contribution in [0.1, 0.15) is 15.9 Å². The molecular weight excluding hydrogens is 359 g/mol. The number of benzene rings is 2. The lowest BCUT2D eigenvalue weighted by molar-refractivity contribution is -0.133. The molecule has 26 heavy (non-hydrogen) atoms. The summed E-state index contributed by atoms with van der Waals surface area (Å²) in [5.41, 5.74) is 0.952. The van der Waals surface area contributed by atoms with Crippen LogP contribution in [0.15, 0.2) is 47.4 Å². The molecule has 0 fully saturated rings. The predicted molar refractivity (Wildman–Crippen MR) is 95.6 cm³/mol. The van der Waals surface area contributed by atoms with Crippen LogP contribution in [0.2, 0.25) is 0 Å². The van der Waals surface area contributed by atoms with Crippen LogP contribution in [0.4, 0.5) is 4.39 Å². The summed E-state index contributed by atoms with van der Waals surface area (Å²) in [5.74, 6) is -0.956. The van der Waals surface area contributed by atoms with Crippen molar-refractivity contribution in [1.29, 1.82) is 0 Å². The number of halogens is 1. The number of carbonyl (C=O) groups excluding carboxylic acids is 1. The number of hydrogen-bond donors (Lipinski definition) is 1. The highest BCUT2D eigenvalue weighted by Gasteiger charge is 2.12. The fourth-order valence-corrected chi connectivity index (χ4v) is 2.98. The van der Waals surface area contributed by atoms with E-state index >= 15 is 0 Å². The minimum atomic E-state index is -1.03. The first kappa shape index (κ1) is 18.0. The molecule has 0 unspecified atom stereocenters. The Balaban J connectivity index is 1.70. The highest BCUT2D eigenvalue weighted by Crippen LogP contribution is 2.31. The highest BCUT2D eigenvalue weighted by molar-refractivity contribution is 8.00. The third kappa shape index (κ3) is 4.43. The highest BCUT2D eigenvalue weighted by atomic mass is 32.2. The first-order valence-corrected chi connectivity index (χ1v) is 8.78. The van der Waals surface area contributed by atoms with Crippen molar-refractivity contribution in [3.63, 3.8) is 0 Å². The van der Waals surface area contributed by atoms with Gasteiger partial charge in [-0.3, -0.25) is 9.59 Å². The predicted octanol–water partition coefficient (Wildman–Crippen LogP) is 3.67. The number of rotatable bonds is 6. The molecule has 2 aromatic rings. The molecule has 2 aromatic carbocycles. The van der Waals surface area contributed by atoms with Gasteiger partial charge in [0.25, 0.3) is 0 Å². The van der Waals surface area contributed by atoms with Crippen LogP contribution in [0.25, 0.3) is 6.08 Å². The van der Waals surface area contributed by atoms with Crippen molar-refractivity contribution in [3.05, 3.63) is 59.4 Å². The Morgan fingerprint density at radius 2 is 1.88 bits per heavy atom. The first-order chi connectivity index (χ1) is 12.5. The number of fused-ring (bicyclic) bond motifs is 1. The van der Waals surface area contributed by atoms with Crippen molar-refractivity contribution in [1.82, 2.24) is 0 Å². The monoisotopic (exact) mass is 374 g/mol. The third-order valence-electron chi connectivity index (χ3n) is 3.56. The average Bonchev–Trinajstić information content (AvgIpc) is 2.64. The second kappa shape index (κ2) is 8.05. The summed E-state index contributed by atoms with van der Waals surface area (Å²) in [6.07, 6.45) is 2.97. The van der Waals surface area contributed by atoms with E-state index in [0.29, 0.717) is 24.7 Å². The Bertz CT molecular complexity index is 878. The van der Waals surface area contributed by atoms with Crippen LogP contribution < -0.4 is 9.47 Å². The topological polar surface area (TPSA) is 72.8 Å². The van der Waals surface area contributed by atoms with E-state index in [0.717, 1.165) is 23.4 Å². The summed E-state index contributed by atoms with van der Waals surface area (Å²) in [6.45, 7) is 0.984. The smallest absolute Gasteiger partial charge is 0.313 e. The maximum atomic E-state index is 14.0. The molecule has 3 rings (SSSR count). The number of aliphatic carboxylic acids is 1. The SMILES string of the molecule is O=C(O)CSc1ccc(C(=O)C=Cc2ccc3c(c2)OCCO3)cc1F. The van der Waals surface area contributed by atoms with Gasteiger partial charge in [0.05, 0.1) is 5.75 Å². The van der Waals surface area contributed by atoms with Crippen LogP contribution in [-0.2, 0) is 4.79 Å². The van der Waals surface area contributed by atoms with Gasteiger partial charge in [-0.15, -0.1) is 11.8 Å². The van der Waals surface area contributed by atoms with E-state index in [1.54, 1.807) is 24.3 Å². The van der Waals surface area contributed by atoms with E-state index in [-0.39, 0.29) is 22.0 Å². The zero-order chi connectivity index (χ0) is 18.5. The quantitative estimate of drug-likeness (QED) is 0.473. The fourth-order valence-electron chi connectivity index (χ4n) is 2.34. The molecule has 0 aliphatic carbocycles. The molecule has 0 bridgehead atoms. The van der Waals surface area contributed by atoms with Crippen LogP contribution in [-0.4, -0.2) is 35.8 Å². The van der Waals surface area contributed by atoms with Crippen molar-refractivity contribution < 1.29 is 28.6 Å². The Morgan fingerprint density at radius 3 is 2.62 bits per heavy atom. The normalized spacial score (nSPS) is 13.0. The largest absolute Gasteiger partial charge is 0.486 e. The van der Waals surface area contributed by atoms with E-state index in [1.165, 1.54) is 18.2 Å². The summed E-state index contributed by atoms with van der Waals surface area (Å²) in [7, 11) is 0. The van der Waals surface area contributed by atoms with Gasteiger partial charge < -0.3 is 14.6 Å². The Morgan fingerprint density at radius 1 is 1.12 bits per heavy atom. The molecule has 1 aliphatic rings. The van der Waals surface area contributed by atoms with Crippen molar-refractivity contribution in [3.8, 4) is 11.5 Å². The minimum Gasteiger partial charge on any atom is -0.486 e. The Kier molecular flexibility index (Phi) is 5.58. The van der Waals surface area contributed by atoms with Gasteiger partial charge in [-0.2, -0.15) is 0 Å². The van der Waals surface area contributed by atoms with Crippen LogP contribution in [0, 0.1) is 5.82 Å². The molecule has 5 nitrogen and oxygen atoms in total. The number of carboxylic acid groups (broad SMARTS) is 1. The van der Waals surface area contributed by atoms with E-state index in [4.69, 9.17) is 14.6 Å². The maximum Gasteiger partial charge on any atom is 0.313 e. The molecule has 7 heteroatoms. The van der Waals surface area contributed by atoms with Crippen molar-refractivity contribution in [2.24, 2.45) is 0 Å². The van der Waals surface area contributed by atoms with E-state index in [2.05, 4.69) is 0 Å². The summed E-state index contributed by atoms with van der Waals surface area (Å²) in [6, 6.07) is 9.33. The number of carboxylic acids is 1. The van der Waals surface area contributed by atoms with Gasteiger partial charge in [-0.25, -0.2) is 4.39 Å². The summed E-state index contributed by atoms with van der Waals surface area (Å²) in [5, 5.41) is 8.64. The number of allylic oxidation sites excluding steroid dienone is 1. The lowest BCUT2D eigenvalue weighted by Crippen LogP contribution is -2.15. The van der Waals surface area contributed by atoms with Crippen molar-refractivity contribution >= 4 is 29.6 Å². The molecule has 1 heterocycles. The molecule has 0 radical (unpaired) electrons. The van der Waals surface area contributed by atoms with Gasteiger partial charge in [-0.1, -0.05) is 12.1 Å². The van der Waals surface area contributed by atoms with Gasteiger partial charge in [0.1, 0.15) is 19.0 Å². The van der Waals surface area contributed by atoms with Gasteiger partial charge in [0, 0.05) is 10.5 Å². The van der Waals surface area contributed by atoms with Crippen LogP contribution >= 0.6 is 11.8 Å². The second-order valence-electron chi connectivity index (χ2n) is 5.43. The van der Waals surface area contributed by atoms with Crippen LogP contribution in [0.3, 0.4) is 0 Å². The van der Waals surface area contributed by atoms with E-state index < -0.39 is 11.8 Å². The molecule has 134 valence electrons. The minimum absolute atomic E-state index is 0.191. The van der Waals surface area contributed by atoms with Gasteiger partial charge in [0.15, 0.2) is 17.3 Å². The van der Waals surface area contributed by atoms with Gasteiger partial charge in [-0.05, 0) is 42.0 Å². The maximum absolute atomic E-state index is 14.0. The standard InChI is InChI=1S/C19H15FO5S/c20-14-10-13(3-6-18(14)26-11-19(22)23)15(21)4-1-12-2-5-16-17(9-12)25-8-7-24-16/h1-6,9-10H,7-8,11H2,(H,22,23). The van der Waals surface area contributed by atoms with E-state index in [9.17, 15) is 14.0 Å². The number of thioether (sulfide) groups is 1. The molecule has 1 aliphatic heterocycles. The van der Waals surface area contributed by atoms with Gasteiger partial charge in [0.2, 0.25) is 0 Å². The second-order valence-corrected chi connectivity index (χ2v) is 6.45. The van der Waals surface area contributed by atoms with Crippen molar-refractivity contribution in [2.45, 2.75) is 4.90 Å². The molecule has 0 amide bonds. The number of carbonyl (C=O) groups is 2.